The third-order valence-corrected chi connectivity index (χ3v) is 2.78. The summed E-state index contributed by atoms with van der Waals surface area (Å²) in [5.74, 6) is -0.929. The molecule has 0 saturated carbocycles. The van der Waals surface area contributed by atoms with Gasteiger partial charge in [-0.25, -0.2) is 0 Å². The topological polar surface area (TPSA) is 81.6 Å². The highest BCUT2D eigenvalue weighted by Crippen LogP contribution is 2.08. The van der Waals surface area contributed by atoms with Gasteiger partial charge in [-0.15, -0.1) is 0 Å². The molecule has 1 atom stereocenters. The van der Waals surface area contributed by atoms with Crippen molar-refractivity contribution >= 4 is 5.91 Å². The first-order chi connectivity index (χ1) is 9.29. The summed E-state index contributed by atoms with van der Waals surface area (Å²) < 4.78 is 0. The number of rotatable bonds is 5. The molecule has 0 spiro atoms. The van der Waals surface area contributed by atoms with Gasteiger partial charge in [0, 0.05) is 18.3 Å². The van der Waals surface area contributed by atoms with Gasteiger partial charge < -0.3 is 5.32 Å². The number of benzene rings is 1. The van der Waals surface area contributed by atoms with Gasteiger partial charge in [-0.05, 0) is 12.0 Å². The van der Waals surface area contributed by atoms with Gasteiger partial charge in [-0.2, -0.15) is 10.4 Å². The van der Waals surface area contributed by atoms with Gasteiger partial charge in [-0.1, -0.05) is 30.3 Å². The average Bonchev–Trinajstić information content (AvgIpc) is 2.96. The SMILES string of the molecule is N#CC(Cc1ccccc1)C(=O)NCc1cn[nH]c1. The van der Waals surface area contributed by atoms with Crippen molar-refractivity contribution in [2.45, 2.75) is 13.0 Å². The van der Waals surface area contributed by atoms with Crippen molar-refractivity contribution < 1.29 is 4.79 Å². The Morgan fingerprint density at radius 3 is 2.79 bits per heavy atom. The predicted octanol–water partition coefficient (Wildman–Crippen LogP) is 1.41. The second-order valence-corrected chi connectivity index (χ2v) is 4.20. The molecule has 96 valence electrons. The molecule has 0 saturated heterocycles. The molecule has 0 bridgehead atoms. The minimum Gasteiger partial charge on any atom is -0.351 e. The van der Waals surface area contributed by atoms with Crippen LogP contribution in [0.25, 0.3) is 0 Å². The van der Waals surface area contributed by atoms with Crippen LogP contribution in [0.15, 0.2) is 42.7 Å². The van der Waals surface area contributed by atoms with Gasteiger partial charge in [0.15, 0.2) is 0 Å². The van der Waals surface area contributed by atoms with Crippen LogP contribution in [-0.4, -0.2) is 16.1 Å². The average molecular weight is 254 g/mol. The van der Waals surface area contributed by atoms with Crippen LogP contribution < -0.4 is 5.32 Å². The third-order valence-electron chi connectivity index (χ3n) is 2.78. The number of nitrogens with zero attached hydrogens (tertiary/aromatic N) is 2. The fraction of sp³-hybridized carbons (Fsp3) is 0.214. The molecule has 0 radical (unpaired) electrons. The minimum absolute atomic E-state index is 0.257. The second kappa shape index (κ2) is 6.36. The Kier molecular flexibility index (Phi) is 4.29. The summed E-state index contributed by atoms with van der Waals surface area (Å²) in [7, 11) is 0. The lowest BCUT2D eigenvalue weighted by Crippen LogP contribution is -2.30. The first kappa shape index (κ1) is 12.8. The van der Waals surface area contributed by atoms with Crippen molar-refractivity contribution in [3.05, 3.63) is 53.9 Å². The van der Waals surface area contributed by atoms with Crippen LogP contribution in [0, 0.1) is 17.2 Å². The maximum Gasteiger partial charge on any atom is 0.237 e. The molecule has 5 heteroatoms. The lowest BCUT2D eigenvalue weighted by molar-refractivity contribution is -0.123. The number of hydrogen-bond donors (Lipinski definition) is 2. The predicted molar refractivity (Wildman–Crippen MR) is 69.7 cm³/mol. The van der Waals surface area contributed by atoms with E-state index in [1.54, 1.807) is 12.4 Å². The molecule has 0 aliphatic rings. The second-order valence-electron chi connectivity index (χ2n) is 4.20. The first-order valence-corrected chi connectivity index (χ1v) is 5.98. The lowest BCUT2D eigenvalue weighted by atomic mass is 10.00. The summed E-state index contributed by atoms with van der Waals surface area (Å²) in [6, 6.07) is 11.6. The van der Waals surface area contributed by atoms with Gasteiger partial charge in [-0.3, -0.25) is 9.89 Å². The molecule has 1 amide bonds. The largest absolute Gasteiger partial charge is 0.351 e. The number of amides is 1. The van der Waals surface area contributed by atoms with Crippen molar-refractivity contribution in [2.24, 2.45) is 5.92 Å². The molecule has 5 nitrogen and oxygen atoms in total. The number of carbonyl (C=O) groups is 1. The summed E-state index contributed by atoms with van der Waals surface area (Å²) in [5.41, 5.74) is 1.86. The van der Waals surface area contributed by atoms with E-state index in [-0.39, 0.29) is 5.91 Å². The number of aromatic amines is 1. The van der Waals surface area contributed by atoms with Crippen LogP contribution >= 0.6 is 0 Å². The molecule has 1 aromatic heterocycles. The van der Waals surface area contributed by atoms with E-state index in [2.05, 4.69) is 15.5 Å². The van der Waals surface area contributed by atoms with Gasteiger partial charge in [0.05, 0.1) is 12.3 Å². The highest BCUT2D eigenvalue weighted by molar-refractivity contribution is 5.81. The Morgan fingerprint density at radius 2 is 2.16 bits per heavy atom. The van der Waals surface area contributed by atoms with Crippen molar-refractivity contribution in [1.82, 2.24) is 15.5 Å². The summed E-state index contributed by atoms with van der Waals surface area (Å²) in [4.78, 5) is 11.9. The molecule has 2 aromatic rings. The number of hydrogen-bond acceptors (Lipinski definition) is 3. The standard InChI is InChI=1S/C14H14N4O/c15-7-13(6-11-4-2-1-3-5-11)14(19)16-8-12-9-17-18-10-12/h1-5,9-10,13H,6,8H2,(H,16,19)(H,17,18). The maximum atomic E-state index is 11.9. The first-order valence-electron chi connectivity index (χ1n) is 5.98. The smallest absolute Gasteiger partial charge is 0.237 e. The Balaban J connectivity index is 1.90. The molecular weight excluding hydrogens is 240 g/mol. The quantitative estimate of drug-likeness (QED) is 0.846. The van der Waals surface area contributed by atoms with E-state index in [1.165, 1.54) is 0 Å². The van der Waals surface area contributed by atoms with E-state index in [0.29, 0.717) is 13.0 Å². The zero-order chi connectivity index (χ0) is 13.5. The highest BCUT2D eigenvalue weighted by Gasteiger charge is 2.17. The molecule has 1 aromatic carbocycles. The zero-order valence-corrected chi connectivity index (χ0v) is 10.3. The van der Waals surface area contributed by atoms with Crippen LogP contribution in [0.3, 0.4) is 0 Å². The molecular formula is C14H14N4O. The Labute approximate surface area is 111 Å². The zero-order valence-electron chi connectivity index (χ0n) is 10.3. The monoisotopic (exact) mass is 254 g/mol. The van der Waals surface area contributed by atoms with Crippen LogP contribution in [-0.2, 0) is 17.8 Å². The highest BCUT2D eigenvalue weighted by atomic mass is 16.1. The van der Waals surface area contributed by atoms with E-state index >= 15 is 0 Å². The van der Waals surface area contributed by atoms with Gasteiger partial charge in [0.25, 0.3) is 0 Å². The third kappa shape index (κ3) is 3.68. The van der Waals surface area contributed by atoms with Gasteiger partial charge in [0.1, 0.15) is 5.92 Å². The van der Waals surface area contributed by atoms with Crippen molar-refractivity contribution in [3.63, 3.8) is 0 Å². The fourth-order valence-electron chi connectivity index (χ4n) is 1.73. The van der Waals surface area contributed by atoms with Gasteiger partial charge >= 0.3 is 0 Å². The maximum absolute atomic E-state index is 11.9. The van der Waals surface area contributed by atoms with Crippen LogP contribution in [0.5, 0.6) is 0 Å². The summed E-state index contributed by atoms with van der Waals surface area (Å²) in [6.07, 6.45) is 3.77. The van der Waals surface area contributed by atoms with Crippen molar-refractivity contribution in [2.75, 3.05) is 0 Å². The summed E-state index contributed by atoms with van der Waals surface area (Å²) >= 11 is 0. The van der Waals surface area contributed by atoms with E-state index in [4.69, 9.17) is 5.26 Å². The van der Waals surface area contributed by atoms with E-state index in [0.717, 1.165) is 11.1 Å². The lowest BCUT2D eigenvalue weighted by Gasteiger charge is -2.09. The van der Waals surface area contributed by atoms with Gasteiger partial charge in [0.2, 0.25) is 5.91 Å². The number of nitriles is 1. The number of nitrogens with one attached hydrogen (secondary N) is 2. The van der Waals surface area contributed by atoms with E-state index < -0.39 is 5.92 Å². The van der Waals surface area contributed by atoms with Crippen LogP contribution in [0.1, 0.15) is 11.1 Å². The Hall–Kier alpha value is -2.61. The number of aromatic nitrogens is 2. The van der Waals surface area contributed by atoms with Crippen LogP contribution in [0.2, 0.25) is 0 Å². The van der Waals surface area contributed by atoms with Crippen LogP contribution in [0.4, 0.5) is 0 Å². The van der Waals surface area contributed by atoms with E-state index in [1.807, 2.05) is 36.4 Å². The Bertz CT molecular complexity index is 557. The molecule has 1 unspecified atom stereocenters. The molecule has 0 aliphatic carbocycles. The van der Waals surface area contributed by atoms with Crippen molar-refractivity contribution in [3.8, 4) is 6.07 Å². The molecule has 1 heterocycles. The molecule has 2 rings (SSSR count). The molecule has 0 aliphatic heterocycles. The molecule has 2 N–H and O–H groups in total. The number of H-pyrrole nitrogens is 1. The summed E-state index contributed by atoms with van der Waals surface area (Å²) in [5, 5.41) is 18.3. The normalized spacial score (nSPS) is 11.5. The van der Waals surface area contributed by atoms with E-state index in [9.17, 15) is 4.79 Å². The molecule has 0 fully saturated rings. The van der Waals surface area contributed by atoms with Crippen molar-refractivity contribution in [1.29, 1.82) is 5.26 Å². The fourth-order valence-corrected chi connectivity index (χ4v) is 1.73. The Morgan fingerprint density at radius 1 is 1.37 bits per heavy atom. The minimum atomic E-state index is -0.672. The molecule has 19 heavy (non-hydrogen) atoms. The number of carbonyl (C=O) groups excluding carboxylic acids is 1. The summed E-state index contributed by atoms with van der Waals surface area (Å²) in [6.45, 7) is 0.377.